The summed E-state index contributed by atoms with van der Waals surface area (Å²) < 4.78 is 0. The monoisotopic (exact) mass is 314 g/mol. The molecule has 0 saturated carbocycles. The van der Waals surface area contributed by atoms with Crippen molar-refractivity contribution < 1.29 is 10.2 Å². The van der Waals surface area contributed by atoms with Crippen LogP contribution in [0.2, 0.25) is 0 Å². The van der Waals surface area contributed by atoms with Crippen LogP contribution in [0.3, 0.4) is 0 Å². The quantitative estimate of drug-likeness (QED) is 0.517. The molecule has 0 spiro atoms. The van der Waals surface area contributed by atoms with Crippen molar-refractivity contribution in [3.05, 3.63) is 47.1 Å². The van der Waals surface area contributed by atoms with E-state index in [9.17, 15) is 10.2 Å². The minimum absolute atomic E-state index is 0.0182. The van der Waals surface area contributed by atoms with E-state index in [-0.39, 0.29) is 23.3 Å². The lowest BCUT2D eigenvalue weighted by Crippen LogP contribution is -2.16. The molecule has 0 aromatic heterocycles. The normalized spacial score (nSPS) is 20.7. The summed E-state index contributed by atoms with van der Waals surface area (Å²) >= 11 is 0. The second-order valence-corrected chi connectivity index (χ2v) is 6.88. The van der Waals surface area contributed by atoms with E-state index < -0.39 is 0 Å². The van der Waals surface area contributed by atoms with Gasteiger partial charge in [-0.1, -0.05) is 44.1 Å². The van der Waals surface area contributed by atoms with Gasteiger partial charge in [0.2, 0.25) is 0 Å². The Balaban J connectivity index is 2.39. The predicted octanol–water partition coefficient (Wildman–Crippen LogP) is 5.76. The molecule has 2 nitrogen and oxygen atoms in total. The fourth-order valence-corrected chi connectivity index (χ4v) is 3.66. The predicted molar refractivity (Wildman–Crippen MR) is 97.2 cm³/mol. The van der Waals surface area contributed by atoms with Gasteiger partial charge in [-0.2, -0.15) is 0 Å². The first kappa shape index (κ1) is 17.7. The fraction of sp³-hybridized carbons (Fsp3) is 0.524. The molecule has 0 radical (unpaired) electrons. The van der Waals surface area contributed by atoms with Gasteiger partial charge in [-0.25, -0.2) is 0 Å². The number of phenols is 2. The van der Waals surface area contributed by atoms with Crippen LogP contribution in [0.5, 0.6) is 11.5 Å². The van der Waals surface area contributed by atoms with Crippen LogP contribution in [0.25, 0.3) is 0 Å². The number of hydrogen-bond acceptors (Lipinski definition) is 2. The number of phenolic OH excluding ortho intramolecular Hbond substituents is 2. The van der Waals surface area contributed by atoms with Gasteiger partial charge in [0.15, 0.2) is 0 Å². The summed E-state index contributed by atoms with van der Waals surface area (Å²) in [5.41, 5.74) is 3.76. The van der Waals surface area contributed by atoms with Gasteiger partial charge in [0, 0.05) is 11.5 Å². The third-order valence-electron chi connectivity index (χ3n) is 5.12. The third-order valence-corrected chi connectivity index (χ3v) is 5.12. The van der Waals surface area contributed by atoms with Crippen molar-refractivity contribution in [2.45, 2.75) is 65.2 Å². The Kier molecular flexibility index (Phi) is 5.92. The maximum absolute atomic E-state index is 10.7. The van der Waals surface area contributed by atoms with Crippen molar-refractivity contribution in [3.63, 3.8) is 0 Å². The first-order chi connectivity index (χ1) is 11.0. The van der Waals surface area contributed by atoms with Crippen LogP contribution in [0.15, 0.2) is 30.4 Å². The lowest BCUT2D eigenvalue weighted by atomic mass is 9.75. The Bertz CT molecular complexity index is 598. The highest BCUT2D eigenvalue weighted by atomic mass is 16.3. The lowest BCUT2D eigenvalue weighted by Gasteiger charge is -2.30. The van der Waals surface area contributed by atoms with Crippen LogP contribution < -0.4 is 0 Å². The maximum Gasteiger partial charge on any atom is 0.126 e. The Labute approximate surface area is 140 Å². The topological polar surface area (TPSA) is 40.5 Å². The zero-order valence-electron chi connectivity index (χ0n) is 14.7. The van der Waals surface area contributed by atoms with Gasteiger partial charge in [-0.05, 0) is 62.6 Å². The standard InChI is InChI=1S/C21H30O2/c1-5-6-7-10-16-13-19(22)20(21(23)15(16)4)18-12-9-8-11-17(18)14(2)3/h9,12-13,17-18,22-23H,2,5-8,10-11H2,1,3-4H3. The molecule has 0 aliphatic heterocycles. The summed E-state index contributed by atoms with van der Waals surface area (Å²) in [4.78, 5) is 0. The van der Waals surface area contributed by atoms with Gasteiger partial charge in [0.25, 0.3) is 0 Å². The number of benzene rings is 1. The van der Waals surface area contributed by atoms with Gasteiger partial charge in [0.1, 0.15) is 11.5 Å². The molecule has 2 heteroatoms. The minimum Gasteiger partial charge on any atom is -0.507 e. The van der Waals surface area contributed by atoms with Crippen molar-refractivity contribution >= 4 is 0 Å². The number of aromatic hydroxyl groups is 2. The van der Waals surface area contributed by atoms with E-state index in [0.29, 0.717) is 5.56 Å². The third kappa shape index (κ3) is 3.80. The number of rotatable bonds is 6. The Morgan fingerprint density at radius 1 is 1.30 bits per heavy atom. The van der Waals surface area contributed by atoms with Crippen molar-refractivity contribution in [2.75, 3.05) is 0 Å². The molecule has 2 atom stereocenters. The molecule has 126 valence electrons. The van der Waals surface area contributed by atoms with Crippen LogP contribution in [0.1, 0.15) is 68.6 Å². The first-order valence-corrected chi connectivity index (χ1v) is 8.83. The van der Waals surface area contributed by atoms with Gasteiger partial charge in [-0.15, -0.1) is 0 Å². The Morgan fingerprint density at radius 3 is 2.70 bits per heavy atom. The Morgan fingerprint density at radius 2 is 2.04 bits per heavy atom. The number of aryl methyl sites for hydroxylation is 1. The highest BCUT2D eigenvalue weighted by molar-refractivity contribution is 5.56. The summed E-state index contributed by atoms with van der Waals surface area (Å²) in [5.74, 6) is 0.786. The second-order valence-electron chi connectivity index (χ2n) is 6.88. The molecule has 0 heterocycles. The molecular weight excluding hydrogens is 284 g/mol. The molecular formula is C21H30O2. The van der Waals surface area contributed by atoms with Crippen LogP contribution in [-0.2, 0) is 6.42 Å². The molecule has 0 amide bonds. The molecule has 2 N–H and O–H groups in total. The van der Waals surface area contributed by atoms with Crippen LogP contribution in [0, 0.1) is 12.8 Å². The minimum atomic E-state index is 0.0182. The zero-order chi connectivity index (χ0) is 17.0. The lowest BCUT2D eigenvalue weighted by molar-refractivity contribution is 0.406. The molecule has 23 heavy (non-hydrogen) atoms. The van der Waals surface area contributed by atoms with Crippen LogP contribution in [0.4, 0.5) is 0 Å². The molecule has 2 unspecified atom stereocenters. The van der Waals surface area contributed by atoms with Crippen LogP contribution >= 0.6 is 0 Å². The van der Waals surface area contributed by atoms with E-state index in [1.165, 1.54) is 12.8 Å². The molecule has 0 fully saturated rings. The first-order valence-electron chi connectivity index (χ1n) is 8.83. The molecule has 1 aromatic carbocycles. The van der Waals surface area contributed by atoms with Crippen molar-refractivity contribution in [1.82, 2.24) is 0 Å². The number of unbranched alkanes of at least 4 members (excludes halogenated alkanes) is 2. The molecule has 2 rings (SSSR count). The fourth-order valence-electron chi connectivity index (χ4n) is 3.66. The summed E-state index contributed by atoms with van der Waals surface area (Å²) in [5, 5.41) is 21.3. The smallest absolute Gasteiger partial charge is 0.126 e. The summed E-state index contributed by atoms with van der Waals surface area (Å²) in [6, 6.07) is 1.86. The average Bonchev–Trinajstić information content (AvgIpc) is 2.52. The average molecular weight is 314 g/mol. The van der Waals surface area contributed by atoms with Gasteiger partial charge in [0.05, 0.1) is 0 Å². The molecule has 1 aliphatic rings. The SMILES string of the molecule is C=C(C)C1CCC=CC1c1c(O)cc(CCCCC)c(C)c1O. The van der Waals surface area contributed by atoms with Gasteiger partial charge < -0.3 is 10.2 Å². The van der Waals surface area contributed by atoms with E-state index >= 15 is 0 Å². The second kappa shape index (κ2) is 7.72. The number of allylic oxidation sites excluding steroid dienone is 3. The van der Waals surface area contributed by atoms with E-state index in [1.807, 2.05) is 19.9 Å². The van der Waals surface area contributed by atoms with Crippen molar-refractivity contribution in [2.24, 2.45) is 5.92 Å². The zero-order valence-corrected chi connectivity index (χ0v) is 14.7. The highest BCUT2D eigenvalue weighted by Crippen LogP contribution is 2.46. The highest BCUT2D eigenvalue weighted by Gasteiger charge is 2.29. The van der Waals surface area contributed by atoms with E-state index in [4.69, 9.17) is 0 Å². The molecule has 1 aromatic rings. The van der Waals surface area contributed by atoms with E-state index in [1.54, 1.807) is 0 Å². The summed E-state index contributed by atoms with van der Waals surface area (Å²) in [6.07, 6.45) is 10.7. The van der Waals surface area contributed by atoms with Crippen LogP contribution in [-0.4, -0.2) is 10.2 Å². The maximum atomic E-state index is 10.7. The number of hydrogen-bond donors (Lipinski definition) is 2. The van der Waals surface area contributed by atoms with E-state index in [2.05, 4.69) is 25.7 Å². The Hall–Kier alpha value is -1.70. The molecule has 1 aliphatic carbocycles. The van der Waals surface area contributed by atoms with Gasteiger partial charge in [-0.3, -0.25) is 0 Å². The van der Waals surface area contributed by atoms with Crippen molar-refractivity contribution in [1.29, 1.82) is 0 Å². The summed E-state index contributed by atoms with van der Waals surface area (Å²) in [7, 11) is 0. The van der Waals surface area contributed by atoms with Gasteiger partial charge >= 0.3 is 0 Å². The largest absolute Gasteiger partial charge is 0.507 e. The molecule has 0 saturated heterocycles. The van der Waals surface area contributed by atoms with E-state index in [0.717, 1.165) is 42.4 Å². The molecule has 0 bridgehead atoms. The summed E-state index contributed by atoms with van der Waals surface area (Å²) in [6.45, 7) is 10.3. The van der Waals surface area contributed by atoms with Crippen molar-refractivity contribution in [3.8, 4) is 11.5 Å².